The van der Waals surface area contributed by atoms with Crippen LogP contribution in [-0.2, 0) is 20.1 Å². The fraction of sp³-hybridized carbons (Fsp3) is 0.167. The van der Waals surface area contributed by atoms with Crippen LogP contribution in [0.5, 0.6) is 0 Å². The highest BCUT2D eigenvalue weighted by Gasteiger charge is 2.51. The maximum atomic E-state index is 6.23. The van der Waals surface area contributed by atoms with Crippen molar-refractivity contribution in [2.75, 3.05) is 0 Å². The van der Waals surface area contributed by atoms with Crippen molar-refractivity contribution in [3.63, 3.8) is 0 Å². The lowest BCUT2D eigenvalue weighted by molar-refractivity contribution is 0.00578. The van der Waals surface area contributed by atoms with E-state index in [0.717, 1.165) is 14.4 Å². The van der Waals surface area contributed by atoms with E-state index in [1.165, 1.54) is 81.5 Å². The van der Waals surface area contributed by atoms with Crippen molar-refractivity contribution in [2.24, 2.45) is 0 Å². The average molecular weight is 1260 g/mol. The van der Waals surface area contributed by atoms with Gasteiger partial charge in [0.15, 0.2) is 0 Å². The molecule has 0 unspecified atom stereocenters. The van der Waals surface area contributed by atoms with Gasteiger partial charge in [-0.2, -0.15) is 0 Å². The Hall–Kier alpha value is -6.13. The molecule has 11 rings (SSSR count). The third kappa shape index (κ3) is 13.5. The van der Waals surface area contributed by atoms with Gasteiger partial charge in [0.25, 0.3) is 0 Å². The summed E-state index contributed by atoms with van der Waals surface area (Å²) in [6.45, 7) is 17.5. The minimum absolute atomic E-state index is 0.0332. The Labute approximate surface area is 494 Å². The van der Waals surface area contributed by atoms with Crippen LogP contribution in [0.1, 0.15) is 77.6 Å². The fourth-order valence-corrected chi connectivity index (χ4v) is 11.1. The summed E-state index contributed by atoms with van der Waals surface area (Å²) in [6.07, 6.45) is 0. The summed E-state index contributed by atoms with van der Waals surface area (Å²) in [5, 5.41) is 0. The van der Waals surface area contributed by atoms with Crippen molar-refractivity contribution in [3.05, 3.63) is 290 Å². The van der Waals surface area contributed by atoms with Crippen LogP contribution in [0.25, 0.3) is 55.6 Å². The lowest BCUT2D eigenvalue weighted by Crippen LogP contribution is -2.41. The highest BCUT2D eigenvalue weighted by atomic mass is 127. The molecule has 0 radical (unpaired) electrons. The van der Waals surface area contributed by atoms with Crippen LogP contribution in [0.3, 0.4) is 0 Å². The Morgan fingerprint density at radius 1 is 0.321 bits per heavy atom. The highest BCUT2D eigenvalue weighted by molar-refractivity contribution is 14.1. The van der Waals surface area contributed by atoms with Gasteiger partial charge < -0.3 is 9.31 Å². The monoisotopic (exact) mass is 1260 g/mol. The van der Waals surface area contributed by atoms with Gasteiger partial charge in [-0.15, -0.1) is 0 Å². The molecular weight excluding hydrogens is 1190 g/mol. The summed E-state index contributed by atoms with van der Waals surface area (Å²) in [7, 11) is -0.341. The number of benzene rings is 10. The second kappa shape index (κ2) is 24.5. The third-order valence-electron chi connectivity index (χ3n) is 15.5. The van der Waals surface area contributed by atoms with E-state index in [-0.39, 0.29) is 29.2 Å². The number of halogens is 3. The van der Waals surface area contributed by atoms with E-state index < -0.39 is 0 Å². The zero-order chi connectivity index (χ0) is 55.1. The summed E-state index contributed by atoms with van der Waals surface area (Å²) < 4.78 is 15.9. The van der Waals surface area contributed by atoms with Crippen molar-refractivity contribution in [1.82, 2.24) is 0 Å². The fourth-order valence-electron chi connectivity index (χ4n) is 9.81. The molecule has 1 saturated heterocycles. The van der Waals surface area contributed by atoms with Crippen LogP contribution in [0.4, 0.5) is 0 Å². The van der Waals surface area contributed by atoms with Crippen molar-refractivity contribution >= 4 is 67.0 Å². The molecule has 10 aromatic rings. The maximum absolute atomic E-state index is 6.23. The molecular formula is C72H66BBr2IO2. The van der Waals surface area contributed by atoms with Crippen molar-refractivity contribution in [3.8, 4) is 55.6 Å². The number of hydrogen-bond acceptors (Lipinski definition) is 2. The predicted octanol–water partition coefficient (Wildman–Crippen LogP) is 20.5. The molecule has 6 heteroatoms. The molecule has 1 heterocycles. The van der Waals surface area contributed by atoms with Crippen LogP contribution in [-0.4, -0.2) is 18.3 Å². The van der Waals surface area contributed by atoms with Gasteiger partial charge in [-0.25, -0.2) is 0 Å². The summed E-state index contributed by atoms with van der Waals surface area (Å²) in [4.78, 5) is 0. The minimum atomic E-state index is -0.341. The highest BCUT2D eigenvalue weighted by Crippen LogP contribution is 2.38. The first-order valence-electron chi connectivity index (χ1n) is 26.6. The van der Waals surface area contributed by atoms with Crippen molar-refractivity contribution < 1.29 is 9.31 Å². The van der Waals surface area contributed by atoms with Crippen molar-refractivity contribution in [2.45, 2.75) is 77.4 Å². The van der Waals surface area contributed by atoms with E-state index in [1.807, 2.05) is 6.07 Å². The molecule has 0 aliphatic carbocycles. The molecule has 0 bridgehead atoms. The van der Waals surface area contributed by atoms with Crippen LogP contribution in [0.15, 0.2) is 264 Å². The smallest absolute Gasteiger partial charge is 0.399 e. The Balaban J connectivity index is 0.000000154. The van der Waals surface area contributed by atoms with Gasteiger partial charge in [0.2, 0.25) is 0 Å². The second-order valence-electron chi connectivity index (χ2n) is 22.0. The standard InChI is InChI=1S/C33H27Br.C27H31BO2.C12H8BrI/c1-33(2,30-14-4-3-5-15-30)31-19-17-24(18-20-31)25-9-6-10-26(21-25)27-11-7-12-28(22-27)29-13-8-16-32(34)23-29;1-25(2,22-12-8-7-9-13-22)23-17-15-20(16-18-23)21-11-10-14-24(19-21)28-29-26(3,4)27(5,6)30-28;13-11-5-1-3-9(7-11)10-4-2-6-12(14)8-10/h3-23H,1-2H3;7-19H,1-6H3;1-8H. The average Bonchev–Trinajstić information content (AvgIpc) is 3.90. The van der Waals surface area contributed by atoms with E-state index in [9.17, 15) is 0 Å². The number of rotatable bonds is 10. The van der Waals surface area contributed by atoms with Gasteiger partial charge in [-0.3, -0.25) is 0 Å². The summed E-state index contributed by atoms with van der Waals surface area (Å²) in [5.41, 5.74) is 17.8. The lowest BCUT2D eigenvalue weighted by Gasteiger charge is -2.32. The molecule has 10 aromatic carbocycles. The molecule has 1 aliphatic rings. The third-order valence-corrected chi connectivity index (χ3v) is 17.1. The second-order valence-corrected chi connectivity index (χ2v) is 25.1. The zero-order valence-electron chi connectivity index (χ0n) is 45.8. The van der Waals surface area contributed by atoms with Gasteiger partial charge in [-0.1, -0.05) is 266 Å². The summed E-state index contributed by atoms with van der Waals surface area (Å²) in [5.74, 6) is 0. The molecule has 0 amide bonds. The quantitative estimate of drug-likeness (QED) is 0.100. The molecule has 78 heavy (non-hydrogen) atoms. The zero-order valence-corrected chi connectivity index (χ0v) is 51.1. The lowest BCUT2D eigenvalue weighted by atomic mass is 9.77. The molecule has 1 aliphatic heterocycles. The first kappa shape index (κ1) is 56.6. The van der Waals surface area contributed by atoms with Gasteiger partial charge in [0.1, 0.15) is 0 Å². The topological polar surface area (TPSA) is 18.5 Å². The Morgan fingerprint density at radius 2 is 0.628 bits per heavy atom. The molecule has 0 aromatic heterocycles. The first-order chi connectivity index (χ1) is 37.4. The first-order valence-corrected chi connectivity index (χ1v) is 29.3. The number of hydrogen-bond donors (Lipinski definition) is 0. The van der Waals surface area contributed by atoms with Crippen molar-refractivity contribution in [1.29, 1.82) is 0 Å². The predicted molar refractivity (Wildman–Crippen MR) is 347 cm³/mol. The largest absolute Gasteiger partial charge is 0.494 e. The van der Waals surface area contributed by atoms with Crippen LogP contribution < -0.4 is 5.46 Å². The Morgan fingerprint density at radius 3 is 1.01 bits per heavy atom. The van der Waals surface area contributed by atoms with E-state index in [2.05, 4.69) is 359 Å². The molecule has 390 valence electrons. The van der Waals surface area contributed by atoms with Gasteiger partial charge >= 0.3 is 7.12 Å². The van der Waals surface area contributed by atoms with Gasteiger partial charge in [0, 0.05) is 23.3 Å². The maximum Gasteiger partial charge on any atom is 0.494 e. The van der Waals surface area contributed by atoms with E-state index in [1.54, 1.807) is 0 Å². The Kier molecular flexibility index (Phi) is 17.8. The molecule has 0 spiro atoms. The van der Waals surface area contributed by atoms with Crippen LogP contribution in [0, 0.1) is 3.57 Å². The molecule has 0 N–H and O–H groups in total. The minimum Gasteiger partial charge on any atom is -0.399 e. The van der Waals surface area contributed by atoms with E-state index in [0.29, 0.717) is 0 Å². The molecule has 0 atom stereocenters. The van der Waals surface area contributed by atoms with Crippen LogP contribution >= 0.6 is 54.5 Å². The van der Waals surface area contributed by atoms with E-state index >= 15 is 0 Å². The van der Waals surface area contributed by atoms with Gasteiger partial charge in [-0.05, 0) is 182 Å². The normalized spacial score (nSPS) is 13.7. The van der Waals surface area contributed by atoms with Crippen LogP contribution in [0.2, 0.25) is 0 Å². The van der Waals surface area contributed by atoms with Gasteiger partial charge in [0.05, 0.1) is 11.2 Å². The Bertz CT molecular complexity index is 3550. The van der Waals surface area contributed by atoms with E-state index in [4.69, 9.17) is 9.31 Å². The summed E-state index contributed by atoms with van der Waals surface area (Å²) >= 11 is 9.39. The molecule has 0 saturated carbocycles. The molecule has 1 fully saturated rings. The molecule has 2 nitrogen and oxygen atoms in total. The summed E-state index contributed by atoms with van der Waals surface area (Å²) in [6, 6.07) is 90.7. The SMILES string of the molecule is Brc1cccc(-c2cccc(I)c2)c1.CC(C)(c1ccccc1)c1ccc(-c2cccc(-c3cccc(-c4cccc(Br)c4)c3)c2)cc1.CC(C)(c1ccccc1)c1ccc(-c2cccc(B3OC(C)(C)C(C)(C)O3)c2)cc1.